The van der Waals surface area contributed by atoms with Gasteiger partial charge >= 0.3 is 5.97 Å². The largest absolute Gasteiger partial charge is 0.493 e. The number of carboxylic acids is 1. The summed E-state index contributed by atoms with van der Waals surface area (Å²) in [4.78, 5) is 14.9. The molecule has 0 bridgehead atoms. The molecule has 1 aromatic carbocycles. The van der Waals surface area contributed by atoms with E-state index in [2.05, 4.69) is 4.98 Å². The molecule has 0 aliphatic rings. The maximum atomic E-state index is 10.7. The predicted molar refractivity (Wildman–Crippen MR) is 91.2 cm³/mol. The molecule has 0 unspecified atom stereocenters. The summed E-state index contributed by atoms with van der Waals surface area (Å²) in [6.07, 6.45) is 4.65. The van der Waals surface area contributed by atoms with Crippen LogP contribution in [0.15, 0.2) is 23.6 Å². The maximum Gasteiger partial charge on any atom is 0.309 e. The predicted octanol–water partition coefficient (Wildman–Crippen LogP) is 3.74. The minimum absolute atomic E-state index is 0.0537. The minimum Gasteiger partial charge on any atom is -0.493 e. The molecule has 2 rings (SSSR count). The fourth-order valence-corrected chi connectivity index (χ4v) is 2.63. The Morgan fingerprint density at radius 1 is 1.35 bits per heavy atom. The SMILES string of the molecule is CCCOc1cc(/C=C/c2nc(CC(=O)O)cs2)ccc1OC. The van der Waals surface area contributed by atoms with E-state index in [0.29, 0.717) is 23.8 Å². The Kier molecular flexibility index (Phi) is 6.17. The molecule has 0 saturated heterocycles. The molecule has 2 aromatic rings. The normalized spacial score (nSPS) is 10.9. The number of benzene rings is 1. The van der Waals surface area contributed by atoms with Crippen LogP contribution in [0.5, 0.6) is 11.5 Å². The van der Waals surface area contributed by atoms with Crippen molar-refractivity contribution in [2.75, 3.05) is 13.7 Å². The van der Waals surface area contributed by atoms with E-state index in [9.17, 15) is 4.79 Å². The molecule has 0 spiro atoms. The highest BCUT2D eigenvalue weighted by Crippen LogP contribution is 2.29. The number of nitrogens with zero attached hydrogens (tertiary/aromatic N) is 1. The molecule has 1 heterocycles. The number of aliphatic carboxylic acids is 1. The zero-order valence-corrected chi connectivity index (χ0v) is 13.9. The standard InChI is InChI=1S/C17H19NO4S/c1-3-8-22-15-9-12(4-6-14(15)21-2)5-7-16-18-13(11-23-16)10-17(19)20/h4-7,9,11H,3,8,10H2,1-2H3,(H,19,20)/b7-5+. The zero-order chi connectivity index (χ0) is 16.7. The lowest BCUT2D eigenvalue weighted by Gasteiger charge is -2.10. The van der Waals surface area contributed by atoms with Crippen LogP contribution in [0.3, 0.4) is 0 Å². The lowest BCUT2D eigenvalue weighted by Crippen LogP contribution is -1.99. The summed E-state index contributed by atoms with van der Waals surface area (Å²) in [6.45, 7) is 2.68. The summed E-state index contributed by atoms with van der Waals surface area (Å²) in [5, 5.41) is 11.3. The van der Waals surface area contributed by atoms with Crippen LogP contribution in [-0.2, 0) is 11.2 Å². The number of carboxylic acid groups (broad SMARTS) is 1. The Labute approximate surface area is 139 Å². The first-order valence-electron chi connectivity index (χ1n) is 7.27. The average molecular weight is 333 g/mol. The van der Waals surface area contributed by atoms with Crippen molar-refractivity contribution >= 4 is 29.5 Å². The van der Waals surface area contributed by atoms with Crippen molar-refractivity contribution in [2.45, 2.75) is 19.8 Å². The molecule has 1 aromatic heterocycles. The topological polar surface area (TPSA) is 68.7 Å². The van der Waals surface area contributed by atoms with Crippen LogP contribution in [0.1, 0.15) is 29.6 Å². The van der Waals surface area contributed by atoms with E-state index in [4.69, 9.17) is 14.6 Å². The first-order chi connectivity index (χ1) is 11.1. The van der Waals surface area contributed by atoms with E-state index in [1.165, 1.54) is 11.3 Å². The minimum atomic E-state index is -0.876. The number of aromatic nitrogens is 1. The van der Waals surface area contributed by atoms with E-state index in [-0.39, 0.29) is 6.42 Å². The Morgan fingerprint density at radius 2 is 2.17 bits per heavy atom. The Balaban J connectivity index is 2.12. The molecule has 0 radical (unpaired) electrons. The lowest BCUT2D eigenvalue weighted by atomic mass is 10.2. The fourth-order valence-electron chi connectivity index (χ4n) is 1.92. The van der Waals surface area contributed by atoms with Crippen LogP contribution >= 0.6 is 11.3 Å². The van der Waals surface area contributed by atoms with Gasteiger partial charge < -0.3 is 14.6 Å². The van der Waals surface area contributed by atoms with Gasteiger partial charge in [0.05, 0.1) is 25.8 Å². The molecule has 6 heteroatoms. The second-order valence-corrected chi connectivity index (χ2v) is 5.73. The number of hydrogen-bond donors (Lipinski definition) is 1. The van der Waals surface area contributed by atoms with Crippen LogP contribution in [0.2, 0.25) is 0 Å². The molecule has 0 aliphatic heterocycles. The van der Waals surface area contributed by atoms with Gasteiger partial charge in [-0.1, -0.05) is 19.1 Å². The molecule has 23 heavy (non-hydrogen) atoms. The number of ether oxygens (including phenoxy) is 2. The van der Waals surface area contributed by atoms with E-state index < -0.39 is 5.97 Å². The molecular weight excluding hydrogens is 314 g/mol. The van der Waals surface area contributed by atoms with Gasteiger partial charge in [0.15, 0.2) is 11.5 Å². The van der Waals surface area contributed by atoms with Crippen molar-refractivity contribution < 1.29 is 19.4 Å². The van der Waals surface area contributed by atoms with Gasteiger partial charge in [-0.15, -0.1) is 11.3 Å². The highest BCUT2D eigenvalue weighted by Gasteiger charge is 2.06. The molecule has 0 atom stereocenters. The zero-order valence-electron chi connectivity index (χ0n) is 13.1. The molecular formula is C17H19NO4S. The van der Waals surface area contributed by atoms with Crippen molar-refractivity contribution in [3.05, 3.63) is 39.8 Å². The van der Waals surface area contributed by atoms with E-state index >= 15 is 0 Å². The molecule has 0 amide bonds. The second kappa shape index (κ2) is 8.33. The molecule has 1 N–H and O–H groups in total. The van der Waals surface area contributed by atoms with Gasteiger partial charge in [-0.2, -0.15) is 0 Å². The summed E-state index contributed by atoms with van der Waals surface area (Å²) in [5.41, 5.74) is 1.54. The highest BCUT2D eigenvalue weighted by atomic mass is 32.1. The van der Waals surface area contributed by atoms with Crippen molar-refractivity contribution in [3.63, 3.8) is 0 Å². The molecule has 122 valence electrons. The number of methoxy groups -OCH3 is 1. The van der Waals surface area contributed by atoms with Crippen molar-refractivity contribution in [2.24, 2.45) is 0 Å². The number of carbonyl (C=O) groups is 1. The summed E-state index contributed by atoms with van der Waals surface area (Å²) in [6, 6.07) is 5.71. The summed E-state index contributed by atoms with van der Waals surface area (Å²) < 4.78 is 11.0. The molecule has 0 aliphatic carbocycles. The third-order valence-corrected chi connectivity index (χ3v) is 3.83. The van der Waals surface area contributed by atoms with Crippen LogP contribution < -0.4 is 9.47 Å². The third-order valence-electron chi connectivity index (χ3n) is 2.97. The van der Waals surface area contributed by atoms with Crippen LogP contribution in [-0.4, -0.2) is 29.8 Å². The van der Waals surface area contributed by atoms with Gasteiger partial charge in [-0.3, -0.25) is 4.79 Å². The quantitative estimate of drug-likeness (QED) is 0.797. The smallest absolute Gasteiger partial charge is 0.309 e. The van der Waals surface area contributed by atoms with Gasteiger partial charge in [0.25, 0.3) is 0 Å². The van der Waals surface area contributed by atoms with Gasteiger partial charge in [-0.25, -0.2) is 4.98 Å². The van der Waals surface area contributed by atoms with Gasteiger partial charge in [0, 0.05) is 5.38 Å². The van der Waals surface area contributed by atoms with Crippen LogP contribution in [0, 0.1) is 0 Å². The van der Waals surface area contributed by atoms with E-state index in [1.807, 2.05) is 37.3 Å². The summed E-state index contributed by atoms with van der Waals surface area (Å²) >= 11 is 1.42. The van der Waals surface area contributed by atoms with Crippen molar-refractivity contribution in [3.8, 4) is 11.5 Å². The summed E-state index contributed by atoms with van der Waals surface area (Å²) in [7, 11) is 1.61. The number of hydrogen-bond acceptors (Lipinski definition) is 5. The lowest BCUT2D eigenvalue weighted by molar-refractivity contribution is -0.136. The maximum absolute atomic E-state index is 10.7. The first kappa shape index (κ1) is 17.0. The Hall–Kier alpha value is -2.34. The van der Waals surface area contributed by atoms with E-state index in [0.717, 1.165) is 17.0 Å². The fraction of sp³-hybridized carbons (Fsp3) is 0.294. The van der Waals surface area contributed by atoms with Gasteiger partial charge in [-0.05, 0) is 30.2 Å². The third kappa shape index (κ3) is 5.10. The Bertz CT molecular complexity index is 694. The monoisotopic (exact) mass is 333 g/mol. The number of rotatable bonds is 8. The van der Waals surface area contributed by atoms with Crippen molar-refractivity contribution in [1.29, 1.82) is 0 Å². The van der Waals surface area contributed by atoms with Crippen molar-refractivity contribution in [1.82, 2.24) is 4.98 Å². The molecule has 0 fully saturated rings. The summed E-state index contributed by atoms with van der Waals surface area (Å²) in [5.74, 6) is 0.537. The second-order valence-electron chi connectivity index (χ2n) is 4.84. The first-order valence-corrected chi connectivity index (χ1v) is 8.15. The van der Waals surface area contributed by atoms with Gasteiger partial charge in [0.2, 0.25) is 0 Å². The highest BCUT2D eigenvalue weighted by molar-refractivity contribution is 7.10. The average Bonchev–Trinajstić information content (AvgIpc) is 2.97. The Morgan fingerprint density at radius 3 is 2.87 bits per heavy atom. The van der Waals surface area contributed by atoms with Crippen LogP contribution in [0.25, 0.3) is 12.2 Å². The molecule has 5 nitrogen and oxygen atoms in total. The number of thiazole rings is 1. The molecule has 0 saturated carbocycles. The van der Waals surface area contributed by atoms with E-state index in [1.54, 1.807) is 12.5 Å². The van der Waals surface area contributed by atoms with Crippen LogP contribution in [0.4, 0.5) is 0 Å². The van der Waals surface area contributed by atoms with Gasteiger partial charge in [0.1, 0.15) is 5.01 Å².